The molecule has 2 unspecified atom stereocenters. The van der Waals surface area contributed by atoms with Crippen molar-refractivity contribution in [2.75, 3.05) is 10.2 Å². The number of fused-ring (bicyclic) bond motifs is 2. The highest BCUT2D eigenvalue weighted by Gasteiger charge is 2.44. The van der Waals surface area contributed by atoms with E-state index in [1.54, 1.807) is 11.1 Å². The number of nitrogens with zero attached hydrogens (tertiary/aromatic N) is 5. The number of carbonyl (C=O) groups is 1. The van der Waals surface area contributed by atoms with Crippen LogP contribution in [0.3, 0.4) is 0 Å². The van der Waals surface area contributed by atoms with E-state index in [-0.39, 0.29) is 23.1 Å². The van der Waals surface area contributed by atoms with Crippen molar-refractivity contribution in [2.24, 2.45) is 10.3 Å². The second kappa shape index (κ2) is 7.53. The fourth-order valence-electron chi connectivity index (χ4n) is 3.92. The van der Waals surface area contributed by atoms with Gasteiger partial charge in [0, 0.05) is 23.3 Å². The second-order valence-corrected chi connectivity index (χ2v) is 8.28. The van der Waals surface area contributed by atoms with E-state index in [9.17, 15) is 4.79 Å². The number of aromatic nitrogens is 3. The van der Waals surface area contributed by atoms with Crippen molar-refractivity contribution in [1.29, 1.82) is 0 Å². The van der Waals surface area contributed by atoms with Crippen LogP contribution < -0.4 is 10.2 Å². The van der Waals surface area contributed by atoms with Gasteiger partial charge in [-0.1, -0.05) is 18.2 Å². The SMILES string of the molecule is CC1=NSC2C=C([C@H](C)Nc3ncnc4cccnc34)N(c3ccccc3)C(=O)C12. The van der Waals surface area contributed by atoms with Gasteiger partial charge in [0.2, 0.25) is 5.91 Å². The van der Waals surface area contributed by atoms with Crippen molar-refractivity contribution < 1.29 is 4.79 Å². The minimum absolute atomic E-state index is 0.0111. The van der Waals surface area contributed by atoms with Gasteiger partial charge in [0.25, 0.3) is 0 Å². The average molecular weight is 417 g/mol. The van der Waals surface area contributed by atoms with Crippen molar-refractivity contribution >= 4 is 46.1 Å². The summed E-state index contributed by atoms with van der Waals surface area (Å²) < 4.78 is 4.47. The zero-order valence-electron chi connectivity index (χ0n) is 16.6. The Bertz CT molecular complexity index is 1170. The van der Waals surface area contributed by atoms with Crippen LogP contribution in [-0.4, -0.2) is 37.9 Å². The first kappa shape index (κ1) is 18.7. The van der Waals surface area contributed by atoms with Gasteiger partial charge in [0.05, 0.1) is 22.7 Å². The van der Waals surface area contributed by atoms with Gasteiger partial charge in [0.1, 0.15) is 11.8 Å². The Morgan fingerprint density at radius 2 is 1.93 bits per heavy atom. The molecule has 8 heteroatoms. The fraction of sp³-hybridized carbons (Fsp3) is 0.227. The topological polar surface area (TPSA) is 83.4 Å². The predicted molar refractivity (Wildman–Crippen MR) is 120 cm³/mol. The third-order valence-corrected chi connectivity index (χ3v) is 6.43. The van der Waals surface area contributed by atoms with E-state index in [4.69, 9.17) is 0 Å². The van der Waals surface area contributed by atoms with Gasteiger partial charge in [-0.05, 0) is 56.1 Å². The predicted octanol–water partition coefficient (Wildman–Crippen LogP) is 3.86. The number of pyridine rings is 1. The van der Waals surface area contributed by atoms with Crippen LogP contribution in [0, 0.1) is 5.92 Å². The summed E-state index contributed by atoms with van der Waals surface area (Å²) in [5, 5.41) is 3.45. The Morgan fingerprint density at radius 3 is 2.77 bits per heavy atom. The number of rotatable bonds is 4. The molecule has 2 aliphatic heterocycles. The summed E-state index contributed by atoms with van der Waals surface area (Å²) in [5.41, 5.74) is 4.07. The summed E-state index contributed by atoms with van der Waals surface area (Å²) in [6.07, 6.45) is 5.40. The molecule has 0 aliphatic carbocycles. The highest BCUT2D eigenvalue weighted by Crippen LogP contribution is 2.40. The number of hydrogen-bond acceptors (Lipinski definition) is 7. The maximum atomic E-state index is 13.5. The van der Waals surface area contributed by atoms with Gasteiger partial charge in [-0.3, -0.25) is 14.7 Å². The largest absolute Gasteiger partial charge is 0.360 e. The zero-order valence-corrected chi connectivity index (χ0v) is 17.4. The second-order valence-electron chi connectivity index (χ2n) is 7.34. The number of nitrogens with one attached hydrogen (secondary N) is 1. The molecule has 1 aromatic carbocycles. The Kier molecular flexibility index (Phi) is 4.71. The van der Waals surface area contributed by atoms with E-state index in [1.165, 1.54) is 18.3 Å². The smallest absolute Gasteiger partial charge is 0.241 e. The number of anilines is 2. The van der Waals surface area contributed by atoms with Crippen LogP contribution >= 0.6 is 11.9 Å². The van der Waals surface area contributed by atoms with Gasteiger partial charge >= 0.3 is 0 Å². The van der Waals surface area contributed by atoms with Gasteiger partial charge in [0.15, 0.2) is 5.82 Å². The third kappa shape index (κ3) is 3.13. The highest BCUT2D eigenvalue weighted by molar-refractivity contribution is 7.99. The van der Waals surface area contributed by atoms with Crippen LogP contribution in [0.25, 0.3) is 11.0 Å². The number of hydrogen-bond donors (Lipinski definition) is 1. The molecule has 150 valence electrons. The summed E-state index contributed by atoms with van der Waals surface area (Å²) in [5.74, 6) is 0.463. The molecule has 30 heavy (non-hydrogen) atoms. The van der Waals surface area contributed by atoms with Crippen LogP contribution in [0.15, 0.2) is 71.2 Å². The van der Waals surface area contributed by atoms with E-state index in [0.29, 0.717) is 11.3 Å². The fourth-order valence-corrected chi connectivity index (χ4v) is 4.96. The lowest BCUT2D eigenvalue weighted by molar-refractivity contribution is -0.120. The lowest BCUT2D eigenvalue weighted by atomic mass is 9.91. The van der Waals surface area contributed by atoms with E-state index in [0.717, 1.165) is 22.6 Å². The van der Waals surface area contributed by atoms with E-state index in [2.05, 4.69) is 30.7 Å². The molecule has 2 aliphatic rings. The van der Waals surface area contributed by atoms with Crippen LogP contribution in [0.2, 0.25) is 0 Å². The van der Waals surface area contributed by atoms with Crippen molar-refractivity contribution in [2.45, 2.75) is 25.1 Å². The molecule has 0 bridgehead atoms. The van der Waals surface area contributed by atoms with Gasteiger partial charge in [-0.25, -0.2) is 14.4 Å². The first-order valence-corrected chi connectivity index (χ1v) is 10.6. The lowest BCUT2D eigenvalue weighted by Gasteiger charge is -2.37. The zero-order chi connectivity index (χ0) is 20.7. The number of carbonyl (C=O) groups excluding carboxylic acids is 1. The normalized spacial score (nSPS) is 21.8. The van der Waals surface area contributed by atoms with E-state index >= 15 is 0 Å². The standard InChI is InChI=1S/C22H20N6OS/c1-13(26-21-20-16(24-12-25-21)9-6-10-23-20)17-11-18-19(14(2)27-30-18)22(29)28(17)15-7-4-3-5-8-15/h3-13,18-19H,1-2H3,(H,24,25,26)/t13-,18?,19?/m0/s1. The summed E-state index contributed by atoms with van der Waals surface area (Å²) in [7, 11) is 0. The molecular formula is C22H20N6OS. The van der Waals surface area contributed by atoms with Crippen LogP contribution in [0.4, 0.5) is 11.5 Å². The average Bonchev–Trinajstić information content (AvgIpc) is 3.15. The van der Waals surface area contributed by atoms with Crippen LogP contribution in [0.5, 0.6) is 0 Å². The number of benzene rings is 1. The molecule has 4 heterocycles. The van der Waals surface area contributed by atoms with Gasteiger partial charge < -0.3 is 5.32 Å². The molecular weight excluding hydrogens is 396 g/mol. The molecule has 7 nitrogen and oxygen atoms in total. The van der Waals surface area contributed by atoms with Gasteiger partial charge in [-0.15, -0.1) is 0 Å². The molecule has 0 saturated heterocycles. The Morgan fingerprint density at radius 1 is 1.10 bits per heavy atom. The summed E-state index contributed by atoms with van der Waals surface area (Å²) in [4.78, 5) is 28.4. The van der Waals surface area contributed by atoms with Crippen molar-refractivity contribution in [3.05, 3.63) is 66.8 Å². The molecule has 2 aromatic heterocycles. The maximum absolute atomic E-state index is 13.5. The molecule has 3 aromatic rings. The van der Waals surface area contributed by atoms with Crippen molar-refractivity contribution in [1.82, 2.24) is 15.0 Å². The molecule has 5 rings (SSSR count). The Labute approximate surface area is 178 Å². The quantitative estimate of drug-likeness (QED) is 0.650. The maximum Gasteiger partial charge on any atom is 0.241 e. The third-order valence-electron chi connectivity index (χ3n) is 5.38. The minimum atomic E-state index is -0.229. The monoisotopic (exact) mass is 416 g/mol. The number of amides is 1. The summed E-state index contributed by atoms with van der Waals surface area (Å²) >= 11 is 1.46. The van der Waals surface area contributed by atoms with E-state index in [1.807, 2.05) is 56.3 Å². The lowest BCUT2D eigenvalue weighted by Crippen LogP contribution is -2.48. The number of para-hydroxylation sites is 1. The minimum Gasteiger partial charge on any atom is -0.360 e. The summed E-state index contributed by atoms with van der Waals surface area (Å²) in [6.45, 7) is 3.96. The molecule has 0 radical (unpaired) electrons. The highest BCUT2D eigenvalue weighted by atomic mass is 32.2. The van der Waals surface area contributed by atoms with Crippen LogP contribution in [-0.2, 0) is 4.79 Å². The first-order chi connectivity index (χ1) is 14.6. The molecule has 3 atom stereocenters. The molecule has 1 amide bonds. The molecule has 0 spiro atoms. The molecule has 0 saturated carbocycles. The Balaban J connectivity index is 1.54. The van der Waals surface area contributed by atoms with E-state index < -0.39 is 0 Å². The first-order valence-electron chi connectivity index (χ1n) is 9.77. The molecule has 1 N–H and O–H groups in total. The van der Waals surface area contributed by atoms with Gasteiger partial charge in [-0.2, -0.15) is 0 Å². The van der Waals surface area contributed by atoms with Crippen molar-refractivity contribution in [3.8, 4) is 0 Å². The van der Waals surface area contributed by atoms with Crippen molar-refractivity contribution in [3.63, 3.8) is 0 Å². The summed E-state index contributed by atoms with van der Waals surface area (Å²) in [6, 6.07) is 13.3. The van der Waals surface area contributed by atoms with Crippen LogP contribution in [0.1, 0.15) is 13.8 Å². The Hall–Kier alpha value is -3.26. The molecule has 0 fully saturated rings.